The highest BCUT2D eigenvalue weighted by molar-refractivity contribution is 5.96. The van der Waals surface area contributed by atoms with Gasteiger partial charge in [-0.1, -0.05) is 0 Å². The van der Waals surface area contributed by atoms with Crippen LogP contribution < -0.4 is 5.32 Å². The van der Waals surface area contributed by atoms with E-state index in [1.807, 2.05) is 13.8 Å². The fourth-order valence-corrected chi connectivity index (χ4v) is 1.59. The predicted octanol–water partition coefficient (Wildman–Crippen LogP) is 1.21. The molecule has 1 heterocycles. The summed E-state index contributed by atoms with van der Waals surface area (Å²) in [5, 5.41) is 2.69. The number of nitrogens with zero attached hydrogens (tertiary/aromatic N) is 2. The van der Waals surface area contributed by atoms with Crippen molar-refractivity contribution in [3.05, 3.63) is 29.8 Å². The largest absolute Gasteiger partial charge is 0.352 e. The van der Waals surface area contributed by atoms with Crippen molar-refractivity contribution in [2.75, 3.05) is 13.1 Å². The van der Waals surface area contributed by atoms with Gasteiger partial charge in [-0.3, -0.25) is 14.6 Å². The fourth-order valence-electron chi connectivity index (χ4n) is 1.59. The molecule has 0 saturated heterocycles. The van der Waals surface area contributed by atoms with E-state index in [0.29, 0.717) is 6.54 Å². The third-order valence-electron chi connectivity index (χ3n) is 2.46. The maximum atomic E-state index is 13.5. The Morgan fingerprint density at radius 3 is 2.68 bits per heavy atom. The lowest BCUT2D eigenvalue weighted by atomic mass is 10.2. The van der Waals surface area contributed by atoms with E-state index in [0.717, 1.165) is 6.20 Å². The van der Waals surface area contributed by atoms with Crippen molar-refractivity contribution in [1.29, 1.82) is 0 Å². The lowest BCUT2D eigenvalue weighted by Crippen LogP contribution is -2.42. The van der Waals surface area contributed by atoms with E-state index < -0.39 is 11.7 Å². The third-order valence-corrected chi connectivity index (χ3v) is 2.46. The Bertz CT molecular complexity index is 463. The molecule has 6 heteroatoms. The van der Waals surface area contributed by atoms with Crippen LogP contribution in [0.15, 0.2) is 18.5 Å². The molecule has 0 aromatic carbocycles. The van der Waals surface area contributed by atoms with Gasteiger partial charge in [0, 0.05) is 18.8 Å². The minimum absolute atomic E-state index is 0.000954. The number of likely N-dealkylation sites (N-methyl/N-ethyl adjacent to an activating group) is 1. The van der Waals surface area contributed by atoms with Crippen LogP contribution in [0.1, 0.15) is 31.1 Å². The van der Waals surface area contributed by atoms with Crippen molar-refractivity contribution in [2.24, 2.45) is 0 Å². The molecule has 5 nitrogen and oxygen atoms in total. The molecular formula is C13H18FN3O2. The van der Waals surface area contributed by atoms with Gasteiger partial charge in [0.15, 0.2) is 5.82 Å². The first-order chi connectivity index (χ1) is 8.95. The first kappa shape index (κ1) is 15.1. The molecule has 0 aliphatic carbocycles. The Morgan fingerprint density at radius 1 is 1.47 bits per heavy atom. The highest BCUT2D eigenvalue weighted by Gasteiger charge is 2.20. The number of hydrogen-bond acceptors (Lipinski definition) is 3. The number of hydrogen-bond donors (Lipinski definition) is 1. The number of pyridine rings is 1. The predicted molar refractivity (Wildman–Crippen MR) is 69.1 cm³/mol. The second kappa shape index (κ2) is 6.82. The molecule has 19 heavy (non-hydrogen) atoms. The fraction of sp³-hybridized carbons (Fsp3) is 0.462. The highest BCUT2D eigenvalue weighted by Crippen LogP contribution is 2.08. The van der Waals surface area contributed by atoms with Crippen LogP contribution >= 0.6 is 0 Å². The van der Waals surface area contributed by atoms with Gasteiger partial charge in [0.25, 0.3) is 5.91 Å². The van der Waals surface area contributed by atoms with E-state index >= 15 is 0 Å². The summed E-state index contributed by atoms with van der Waals surface area (Å²) in [4.78, 5) is 28.6. The average Bonchev–Trinajstić information content (AvgIpc) is 2.35. The second-order valence-corrected chi connectivity index (χ2v) is 4.40. The van der Waals surface area contributed by atoms with Crippen LogP contribution in [0.5, 0.6) is 0 Å². The van der Waals surface area contributed by atoms with Crippen LogP contribution in [-0.2, 0) is 4.79 Å². The topological polar surface area (TPSA) is 62.3 Å². The SMILES string of the molecule is CCN(CC(=O)NC(C)C)C(=O)c1ccncc1F. The number of amides is 2. The number of carbonyl (C=O) groups excluding carboxylic acids is 2. The van der Waals surface area contributed by atoms with Crippen molar-refractivity contribution < 1.29 is 14.0 Å². The molecule has 0 aliphatic heterocycles. The normalized spacial score (nSPS) is 10.4. The Kier molecular flexibility index (Phi) is 5.41. The van der Waals surface area contributed by atoms with Crippen LogP contribution in [0, 0.1) is 5.82 Å². The van der Waals surface area contributed by atoms with Crippen LogP contribution in [0.2, 0.25) is 0 Å². The van der Waals surface area contributed by atoms with Crippen molar-refractivity contribution in [1.82, 2.24) is 15.2 Å². The second-order valence-electron chi connectivity index (χ2n) is 4.40. The van der Waals surface area contributed by atoms with E-state index in [2.05, 4.69) is 10.3 Å². The van der Waals surface area contributed by atoms with E-state index in [4.69, 9.17) is 0 Å². The quantitative estimate of drug-likeness (QED) is 0.872. The third kappa shape index (κ3) is 4.31. The summed E-state index contributed by atoms with van der Waals surface area (Å²) in [6.45, 7) is 5.64. The van der Waals surface area contributed by atoms with E-state index in [1.165, 1.54) is 17.2 Å². The lowest BCUT2D eigenvalue weighted by Gasteiger charge is -2.21. The molecule has 0 unspecified atom stereocenters. The molecule has 0 atom stereocenters. The molecule has 2 amide bonds. The zero-order chi connectivity index (χ0) is 14.4. The van der Waals surface area contributed by atoms with Gasteiger partial charge >= 0.3 is 0 Å². The van der Waals surface area contributed by atoms with Gasteiger partial charge < -0.3 is 10.2 Å². The minimum atomic E-state index is -0.685. The summed E-state index contributed by atoms with van der Waals surface area (Å²) in [5.41, 5.74) is -0.0748. The van der Waals surface area contributed by atoms with E-state index in [9.17, 15) is 14.0 Å². The molecule has 0 fully saturated rings. The van der Waals surface area contributed by atoms with Gasteiger partial charge in [0.05, 0.1) is 18.3 Å². The summed E-state index contributed by atoms with van der Waals surface area (Å²) in [6, 6.07) is 1.31. The van der Waals surface area contributed by atoms with Gasteiger partial charge in [0.1, 0.15) is 0 Å². The Labute approximate surface area is 111 Å². The smallest absolute Gasteiger partial charge is 0.257 e. The summed E-state index contributed by atoms with van der Waals surface area (Å²) in [6.07, 6.45) is 2.33. The molecule has 0 saturated carbocycles. The summed E-state index contributed by atoms with van der Waals surface area (Å²) >= 11 is 0. The Hall–Kier alpha value is -1.98. The lowest BCUT2D eigenvalue weighted by molar-refractivity contribution is -0.122. The number of halogens is 1. The number of rotatable bonds is 5. The van der Waals surface area contributed by atoms with Crippen LogP contribution in [0.4, 0.5) is 4.39 Å². The Morgan fingerprint density at radius 2 is 2.16 bits per heavy atom. The van der Waals surface area contributed by atoms with E-state index in [-0.39, 0.29) is 24.1 Å². The van der Waals surface area contributed by atoms with Gasteiger partial charge in [-0.15, -0.1) is 0 Å². The van der Waals surface area contributed by atoms with E-state index in [1.54, 1.807) is 6.92 Å². The molecule has 0 bridgehead atoms. The zero-order valence-corrected chi connectivity index (χ0v) is 11.3. The van der Waals surface area contributed by atoms with Crippen molar-refractivity contribution in [3.63, 3.8) is 0 Å². The van der Waals surface area contributed by atoms with Gasteiger partial charge in [-0.2, -0.15) is 0 Å². The first-order valence-corrected chi connectivity index (χ1v) is 6.13. The zero-order valence-electron chi connectivity index (χ0n) is 11.3. The standard InChI is InChI=1S/C13H18FN3O2/c1-4-17(8-12(18)16-9(2)3)13(19)10-5-6-15-7-11(10)14/h5-7,9H,4,8H2,1-3H3,(H,16,18). The first-order valence-electron chi connectivity index (χ1n) is 6.13. The number of carbonyl (C=O) groups is 2. The van der Waals surface area contributed by atoms with Gasteiger partial charge in [0.2, 0.25) is 5.91 Å². The molecule has 1 aromatic heterocycles. The average molecular weight is 267 g/mol. The van der Waals surface area contributed by atoms with Gasteiger partial charge in [-0.25, -0.2) is 4.39 Å². The van der Waals surface area contributed by atoms with Crippen LogP contribution in [0.3, 0.4) is 0 Å². The van der Waals surface area contributed by atoms with Crippen molar-refractivity contribution in [2.45, 2.75) is 26.8 Å². The van der Waals surface area contributed by atoms with Crippen LogP contribution in [-0.4, -0.2) is 40.8 Å². The summed E-state index contributed by atoms with van der Waals surface area (Å²) < 4.78 is 13.5. The van der Waals surface area contributed by atoms with Crippen LogP contribution in [0.25, 0.3) is 0 Å². The minimum Gasteiger partial charge on any atom is -0.352 e. The molecular weight excluding hydrogens is 249 g/mol. The molecule has 1 N–H and O–H groups in total. The maximum absolute atomic E-state index is 13.5. The van der Waals surface area contributed by atoms with Crippen molar-refractivity contribution in [3.8, 4) is 0 Å². The molecule has 104 valence electrons. The Balaban J connectivity index is 2.78. The number of aromatic nitrogens is 1. The maximum Gasteiger partial charge on any atom is 0.257 e. The molecule has 0 spiro atoms. The van der Waals surface area contributed by atoms with Gasteiger partial charge in [-0.05, 0) is 26.8 Å². The van der Waals surface area contributed by atoms with Crippen molar-refractivity contribution >= 4 is 11.8 Å². The highest BCUT2D eigenvalue weighted by atomic mass is 19.1. The molecule has 1 aromatic rings. The molecule has 0 radical (unpaired) electrons. The number of nitrogens with one attached hydrogen (secondary N) is 1. The molecule has 0 aliphatic rings. The molecule has 1 rings (SSSR count). The monoisotopic (exact) mass is 267 g/mol. The summed E-state index contributed by atoms with van der Waals surface area (Å²) in [5.74, 6) is -1.46. The summed E-state index contributed by atoms with van der Waals surface area (Å²) in [7, 11) is 0.